The van der Waals surface area contributed by atoms with Gasteiger partial charge in [-0.2, -0.15) is 0 Å². The molecule has 1 aliphatic rings. The molecule has 0 unspecified atom stereocenters. The number of hydrogen-bond acceptors (Lipinski definition) is 2. The van der Waals surface area contributed by atoms with E-state index in [0.717, 1.165) is 50.6 Å². The van der Waals surface area contributed by atoms with Gasteiger partial charge in [0.05, 0.1) is 6.57 Å². The third kappa shape index (κ3) is 4.96. The van der Waals surface area contributed by atoms with Crippen LogP contribution < -0.4 is 9.80 Å². The highest BCUT2D eigenvalue weighted by atomic mass is 15.1. The average molecular weight is 654 g/mol. The van der Waals surface area contributed by atoms with Gasteiger partial charge in [0, 0.05) is 39.5 Å². The maximum absolute atomic E-state index is 8.38. The van der Waals surface area contributed by atoms with E-state index in [4.69, 9.17) is 6.57 Å². The topological polar surface area (TPSA) is 10.8 Å². The van der Waals surface area contributed by atoms with E-state index in [1.54, 1.807) is 0 Å². The summed E-state index contributed by atoms with van der Waals surface area (Å²) in [6.07, 6.45) is 0. The van der Waals surface area contributed by atoms with Crippen molar-refractivity contribution in [3.63, 3.8) is 0 Å². The van der Waals surface area contributed by atoms with Crippen molar-refractivity contribution in [1.29, 1.82) is 0 Å². The third-order valence-electron chi connectivity index (χ3n) is 10.3. The molecule has 51 heavy (non-hydrogen) atoms. The fraction of sp³-hybridized carbons (Fsp3) is 0.0625. The number of anilines is 6. The number of fused-ring (bicyclic) bond motifs is 7. The van der Waals surface area contributed by atoms with Crippen molar-refractivity contribution in [3.05, 3.63) is 198 Å². The first-order chi connectivity index (χ1) is 25.0. The summed E-state index contributed by atoms with van der Waals surface area (Å²) in [5, 5.41) is 4.66. The lowest BCUT2D eigenvalue weighted by Gasteiger charge is -2.28. The van der Waals surface area contributed by atoms with E-state index in [-0.39, 0.29) is 5.41 Å². The van der Waals surface area contributed by atoms with Gasteiger partial charge in [0.2, 0.25) is 0 Å². The molecule has 0 saturated heterocycles. The van der Waals surface area contributed by atoms with Gasteiger partial charge in [-0.15, -0.1) is 0 Å². The van der Waals surface area contributed by atoms with Crippen LogP contribution in [-0.2, 0) is 5.41 Å². The molecule has 0 fully saturated rings. The van der Waals surface area contributed by atoms with Gasteiger partial charge in [0.1, 0.15) is 0 Å². The summed E-state index contributed by atoms with van der Waals surface area (Å²) < 4.78 is 0. The SMILES string of the molecule is [C-]#[N+]c1cc2cc(N(c3ccccc3)c3ccccc3)ccc2c2c1-c1ccc3cc(N(c4ccccc4)c4ccccc4)ccc3c1C2(C)C. The Morgan fingerprint density at radius 1 is 0.431 bits per heavy atom. The highest BCUT2D eigenvalue weighted by molar-refractivity contribution is 6.09. The van der Waals surface area contributed by atoms with Crippen LogP contribution in [0.4, 0.5) is 39.8 Å². The van der Waals surface area contributed by atoms with Crippen molar-refractivity contribution in [3.8, 4) is 11.1 Å². The zero-order valence-electron chi connectivity index (χ0n) is 28.6. The summed E-state index contributed by atoms with van der Waals surface area (Å²) in [6, 6.07) is 62.1. The lowest BCUT2D eigenvalue weighted by atomic mass is 9.78. The molecule has 242 valence electrons. The lowest BCUT2D eigenvalue weighted by Crippen LogP contribution is -2.16. The normalized spacial score (nSPS) is 12.6. The second kappa shape index (κ2) is 12.1. The van der Waals surface area contributed by atoms with Gasteiger partial charge < -0.3 is 9.80 Å². The Bertz CT molecular complexity index is 2530. The molecule has 0 heterocycles. The second-order valence-corrected chi connectivity index (χ2v) is 13.7. The molecular formula is C48H35N3. The van der Waals surface area contributed by atoms with Gasteiger partial charge in [-0.05, 0) is 123 Å². The predicted molar refractivity (Wildman–Crippen MR) is 215 cm³/mol. The van der Waals surface area contributed by atoms with Crippen LogP contribution in [0, 0.1) is 6.57 Å². The van der Waals surface area contributed by atoms with Crippen LogP contribution in [0.15, 0.2) is 176 Å². The monoisotopic (exact) mass is 653 g/mol. The van der Waals surface area contributed by atoms with Crippen molar-refractivity contribution in [2.75, 3.05) is 9.80 Å². The molecule has 0 atom stereocenters. The van der Waals surface area contributed by atoms with Crippen molar-refractivity contribution >= 4 is 61.4 Å². The molecule has 3 nitrogen and oxygen atoms in total. The standard InChI is InChI=1S/C48H35N3/c1-48(2)46-41-28-25-39(50(35-16-8-4-9-17-35)36-18-10-5-11-19-36)30-33(41)24-27-43(46)45-44(49-3)32-34-31-40(26-29-42(34)47(45)48)51(37-20-12-6-13-21-37)38-22-14-7-15-23-38/h4-32H,1-2H3. The van der Waals surface area contributed by atoms with E-state index in [2.05, 4.69) is 192 Å². The van der Waals surface area contributed by atoms with Gasteiger partial charge in [0.25, 0.3) is 0 Å². The Hall–Kier alpha value is -6.63. The minimum absolute atomic E-state index is 0.330. The summed E-state index contributed by atoms with van der Waals surface area (Å²) in [4.78, 5) is 8.75. The van der Waals surface area contributed by atoms with E-state index in [0.29, 0.717) is 5.69 Å². The number of benzene rings is 8. The Morgan fingerprint density at radius 3 is 1.31 bits per heavy atom. The van der Waals surface area contributed by atoms with E-state index in [1.165, 1.54) is 27.3 Å². The van der Waals surface area contributed by atoms with Crippen LogP contribution in [-0.4, -0.2) is 0 Å². The van der Waals surface area contributed by atoms with Crippen molar-refractivity contribution in [2.24, 2.45) is 0 Å². The molecule has 0 saturated carbocycles. The molecule has 0 N–H and O–H groups in total. The maximum Gasteiger partial charge on any atom is 0.195 e. The Morgan fingerprint density at radius 2 is 0.863 bits per heavy atom. The number of nitrogens with zero attached hydrogens (tertiary/aromatic N) is 3. The summed E-state index contributed by atoms with van der Waals surface area (Å²) in [7, 11) is 0. The molecule has 0 radical (unpaired) electrons. The molecule has 0 spiro atoms. The van der Waals surface area contributed by atoms with Crippen LogP contribution in [0.25, 0.3) is 37.5 Å². The smallest absolute Gasteiger partial charge is 0.195 e. The lowest BCUT2D eigenvalue weighted by molar-refractivity contribution is 0.672. The molecule has 0 amide bonds. The molecule has 8 aromatic rings. The van der Waals surface area contributed by atoms with E-state index < -0.39 is 0 Å². The molecule has 3 heteroatoms. The highest BCUT2D eigenvalue weighted by Crippen LogP contribution is 2.57. The van der Waals surface area contributed by atoms with Crippen LogP contribution in [0.2, 0.25) is 0 Å². The molecule has 0 aromatic heterocycles. The summed E-state index contributed by atoms with van der Waals surface area (Å²) in [5.41, 5.74) is 11.7. The summed E-state index contributed by atoms with van der Waals surface area (Å²) in [5.74, 6) is 0. The number of hydrogen-bond donors (Lipinski definition) is 0. The van der Waals surface area contributed by atoms with E-state index in [9.17, 15) is 0 Å². The zero-order chi connectivity index (χ0) is 34.5. The van der Waals surface area contributed by atoms with Gasteiger partial charge in [-0.1, -0.05) is 111 Å². The molecule has 0 bridgehead atoms. The van der Waals surface area contributed by atoms with Gasteiger partial charge in [-0.3, -0.25) is 0 Å². The summed E-state index contributed by atoms with van der Waals surface area (Å²) in [6.45, 7) is 13.0. The molecular weight excluding hydrogens is 619 g/mol. The minimum atomic E-state index is -0.330. The fourth-order valence-corrected chi connectivity index (χ4v) is 8.19. The first-order valence-corrected chi connectivity index (χ1v) is 17.4. The summed E-state index contributed by atoms with van der Waals surface area (Å²) >= 11 is 0. The van der Waals surface area contributed by atoms with Crippen LogP contribution in [0.3, 0.4) is 0 Å². The van der Waals surface area contributed by atoms with Crippen LogP contribution in [0.1, 0.15) is 25.0 Å². The number of para-hydroxylation sites is 4. The third-order valence-corrected chi connectivity index (χ3v) is 10.3. The van der Waals surface area contributed by atoms with Gasteiger partial charge in [0.15, 0.2) is 5.69 Å². The predicted octanol–water partition coefficient (Wildman–Crippen LogP) is 13.8. The van der Waals surface area contributed by atoms with Crippen molar-refractivity contribution < 1.29 is 0 Å². The highest BCUT2D eigenvalue weighted by Gasteiger charge is 2.40. The Kier molecular flexibility index (Phi) is 7.19. The first-order valence-electron chi connectivity index (χ1n) is 17.4. The fourth-order valence-electron chi connectivity index (χ4n) is 8.19. The van der Waals surface area contributed by atoms with Crippen molar-refractivity contribution in [2.45, 2.75) is 19.3 Å². The second-order valence-electron chi connectivity index (χ2n) is 13.7. The van der Waals surface area contributed by atoms with E-state index in [1.807, 2.05) is 12.1 Å². The molecule has 9 rings (SSSR count). The quantitative estimate of drug-likeness (QED) is 0.165. The Balaban J connectivity index is 1.20. The largest absolute Gasteiger partial charge is 0.310 e. The molecule has 1 aliphatic carbocycles. The van der Waals surface area contributed by atoms with Gasteiger partial charge in [-0.25, -0.2) is 4.85 Å². The van der Waals surface area contributed by atoms with Crippen LogP contribution in [0.5, 0.6) is 0 Å². The van der Waals surface area contributed by atoms with E-state index >= 15 is 0 Å². The van der Waals surface area contributed by atoms with Crippen molar-refractivity contribution in [1.82, 2.24) is 0 Å². The van der Waals surface area contributed by atoms with Gasteiger partial charge >= 0.3 is 0 Å². The zero-order valence-corrected chi connectivity index (χ0v) is 28.6. The first kappa shape index (κ1) is 30.4. The number of rotatable bonds is 6. The Labute approximate surface area is 299 Å². The molecule has 8 aromatic carbocycles. The maximum atomic E-state index is 8.38. The molecule has 0 aliphatic heterocycles. The minimum Gasteiger partial charge on any atom is -0.310 e. The average Bonchev–Trinajstić information content (AvgIpc) is 3.43. The van der Waals surface area contributed by atoms with Crippen LogP contribution >= 0.6 is 0 Å².